The second kappa shape index (κ2) is 5.29. The molecule has 0 unspecified atom stereocenters. The summed E-state index contributed by atoms with van der Waals surface area (Å²) in [5.74, 6) is -0.130. The lowest BCUT2D eigenvalue weighted by atomic mass is 10.4. The predicted octanol–water partition coefficient (Wildman–Crippen LogP) is 1.30. The Kier molecular flexibility index (Phi) is 3.76. The number of carbonyl (C=O) groups is 1. The number of hydrogen-bond acceptors (Lipinski definition) is 5. The Bertz CT molecular complexity index is 438. The van der Waals surface area contributed by atoms with Crippen molar-refractivity contribution >= 4 is 40.2 Å². The molecule has 0 saturated carbocycles. The van der Waals surface area contributed by atoms with E-state index in [1.54, 1.807) is 11.3 Å². The first-order chi connectivity index (χ1) is 7.79. The van der Waals surface area contributed by atoms with Crippen molar-refractivity contribution in [2.75, 3.05) is 13.2 Å². The molecule has 4 nitrogen and oxygen atoms in total. The molecule has 6 heteroatoms. The van der Waals surface area contributed by atoms with E-state index in [0.717, 1.165) is 4.88 Å². The second-order valence-electron chi connectivity index (χ2n) is 2.99. The summed E-state index contributed by atoms with van der Waals surface area (Å²) in [5.41, 5.74) is 0. The Balaban J connectivity index is 2.11. The van der Waals surface area contributed by atoms with Gasteiger partial charge in [-0.3, -0.25) is 9.79 Å². The summed E-state index contributed by atoms with van der Waals surface area (Å²) in [6, 6.07) is 3.89. The molecule has 1 aliphatic heterocycles. The van der Waals surface area contributed by atoms with Gasteiger partial charge in [0, 0.05) is 4.88 Å². The Hall–Kier alpha value is -1.11. The van der Waals surface area contributed by atoms with E-state index in [2.05, 4.69) is 10.3 Å². The topological polar surface area (TPSA) is 61.7 Å². The summed E-state index contributed by atoms with van der Waals surface area (Å²) in [6.45, 7) is 0.304. The minimum Gasteiger partial charge on any atom is -0.394 e. The number of aliphatic hydroxyl groups is 1. The minimum atomic E-state index is -0.130. The molecular weight excluding hydrogens is 244 g/mol. The zero-order chi connectivity index (χ0) is 11.4. The van der Waals surface area contributed by atoms with E-state index in [0.29, 0.717) is 16.6 Å². The van der Waals surface area contributed by atoms with Gasteiger partial charge in [0.05, 0.1) is 18.1 Å². The van der Waals surface area contributed by atoms with Crippen LogP contribution < -0.4 is 5.32 Å². The largest absolute Gasteiger partial charge is 0.394 e. The molecule has 0 aliphatic carbocycles. The molecule has 1 aromatic rings. The quantitative estimate of drug-likeness (QED) is 0.799. The molecule has 1 fully saturated rings. The molecule has 84 valence electrons. The molecular formula is C10H10N2O2S2. The molecule has 2 heterocycles. The minimum absolute atomic E-state index is 0.0100. The van der Waals surface area contributed by atoms with Crippen LogP contribution in [-0.2, 0) is 4.79 Å². The maximum Gasteiger partial charge on any atom is 0.264 e. The Labute approximate surface area is 101 Å². The van der Waals surface area contributed by atoms with Gasteiger partial charge in [0.1, 0.15) is 0 Å². The standard InChI is InChI=1S/C10H10N2O2S2/c13-4-3-11-10-12-9(14)8(16-10)6-7-2-1-5-15-7/h1-2,5-6,13H,3-4H2,(H,11,12,14)/b8-6-. The van der Waals surface area contributed by atoms with Crippen LogP contribution in [0, 0.1) is 0 Å². The SMILES string of the molecule is O=C1NC(=NCCO)S/C1=C\c1cccs1. The van der Waals surface area contributed by atoms with E-state index in [4.69, 9.17) is 5.11 Å². The van der Waals surface area contributed by atoms with Crippen LogP contribution in [0.5, 0.6) is 0 Å². The highest BCUT2D eigenvalue weighted by Crippen LogP contribution is 2.27. The zero-order valence-corrected chi connectivity index (χ0v) is 9.98. The molecule has 2 rings (SSSR count). The average molecular weight is 254 g/mol. The van der Waals surface area contributed by atoms with Gasteiger partial charge in [0.25, 0.3) is 5.91 Å². The van der Waals surface area contributed by atoms with Gasteiger partial charge in [-0.2, -0.15) is 0 Å². The highest BCUT2D eigenvalue weighted by Gasteiger charge is 2.23. The van der Waals surface area contributed by atoms with Crippen LogP contribution in [0.15, 0.2) is 27.4 Å². The summed E-state index contributed by atoms with van der Waals surface area (Å²) in [5, 5.41) is 13.8. The number of aliphatic hydroxyl groups excluding tert-OH is 1. The number of rotatable bonds is 3. The lowest BCUT2D eigenvalue weighted by Gasteiger charge is -1.91. The van der Waals surface area contributed by atoms with Crippen molar-refractivity contribution in [3.05, 3.63) is 27.3 Å². The number of carbonyl (C=O) groups excluding carboxylic acids is 1. The van der Waals surface area contributed by atoms with Crippen LogP contribution >= 0.6 is 23.1 Å². The van der Waals surface area contributed by atoms with Crippen LogP contribution in [0.25, 0.3) is 6.08 Å². The van der Waals surface area contributed by atoms with Crippen molar-refractivity contribution in [3.8, 4) is 0 Å². The fourth-order valence-corrected chi connectivity index (χ4v) is 2.73. The van der Waals surface area contributed by atoms with Gasteiger partial charge in [0.2, 0.25) is 0 Å². The third kappa shape index (κ3) is 2.72. The first kappa shape index (κ1) is 11.4. The third-order valence-electron chi connectivity index (χ3n) is 1.82. The molecule has 1 aliphatic rings. The van der Waals surface area contributed by atoms with Crippen LogP contribution in [0.4, 0.5) is 0 Å². The number of hydrogen-bond donors (Lipinski definition) is 2. The lowest BCUT2D eigenvalue weighted by Crippen LogP contribution is -2.20. The maximum atomic E-state index is 11.5. The third-order valence-corrected chi connectivity index (χ3v) is 3.59. The van der Waals surface area contributed by atoms with Crippen molar-refractivity contribution in [1.29, 1.82) is 0 Å². The van der Waals surface area contributed by atoms with Gasteiger partial charge in [-0.05, 0) is 29.3 Å². The summed E-state index contributed by atoms with van der Waals surface area (Å²) in [7, 11) is 0. The number of nitrogens with zero attached hydrogens (tertiary/aromatic N) is 1. The van der Waals surface area contributed by atoms with Crippen molar-refractivity contribution in [2.24, 2.45) is 4.99 Å². The monoisotopic (exact) mass is 254 g/mol. The van der Waals surface area contributed by atoms with Crippen molar-refractivity contribution in [3.63, 3.8) is 0 Å². The van der Waals surface area contributed by atoms with Gasteiger partial charge >= 0.3 is 0 Å². The molecule has 16 heavy (non-hydrogen) atoms. The second-order valence-corrected chi connectivity index (χ2v) is 5.00. The van der Waals surface area contributed by atoms with Crippen LogP contribution in [0.1, 0.15) is 4.88 Å². The Morgan fingerprint density at radius 1 is 1.56 bits per heavy atom. The first-order valence-electron chi connectivity index (χ1n) is 4.69. The van der Waals surface area contributed by atoms with Crippen LogP contribution in [-0.4, -0.2) is 29.3 Å². The predicted molar refractivity (Wildman–Crippen MR) is 67.4 cm³/mol. The average Bonchev–Trinajstić information content (AvgIpc) is 2.87. The fraction of sp³-hybridized carbons (Fsp3) is 0.200. The Morgan fingerprint density at radius 3 is 3.12 bits per heavy atom. The van der Waals surface area contributed by atoms with Gasteiger partial charge in [-0.1, -0.05) is 6.07 Å². The van der Waals surface area contributed by atoms with E-state index in [-0.39, 0.29) is 12.5 Å². The van der Waals surface area contributed by atoms with E-state index >= 15 is 0 Å². The van der Waals surface area contributed by atoms with Crippen LogP contribution in [0.3, 0.4) is 0 Å². The molecule has 1 saturated heterocycles. The molecule has 0 radical (unpaired) electrons. The molecule has 0 atom stereocenters. The smallest absolute Gasteiger partial charge is 0.264 e. The molecule has 2 N–H and O–H groups in total. The summed E-state index contributed by atoms with van der Waals surface area (Å²) in [4.78, 5) is 17.2. The highest BCUT2D eigenvalue weighted by atomic mass is 32.2. The lowest BCUT2D eigenvalue weighted by molar-refractivity contribution is -0.115. The van der Waals surface area contributed by atoms with E-state index in [1.807, 2.05) is 23.6 Å². The van der Waals surface area contributed by atoms with E-state index in [1.165, 1.54) is 11.8 Å². The number of nitrogens with one attached hydrogen (secondary N) is 1. The number of thioether (sulfide) groups is 1. The van der Waals surface area contributed by atoms with Gasteiger partial charge in [-0.25, -0.2) is 0 Å². The zero-order valence-electron chi connectivity index (χ0n) is 8.34. The highest BCUT2D eigenvalue weighted by molar-refractivity contribution is 8.18. The van der Waals surface area contributed by atoms with Crippen LogP contribution in [0.2, 0.25) is 0 Å². The maximum absolute atomic E-state index is 11.5. The first-order valence-corrected chi connectivity index (χ1v) is 6.39. The molecule has 1 aromatic heterocycles. The van der Waals surface area contributed by atoms with E-state index < -0.39 is 0 Å². The molecule has 0 spiro atoms. The molecule has 0 bridgehead atoms. The fourth-order valence-electron chi connectivity index (χ4n) is 1.16. The summed E-state index contributed by atoms with van der Waals surface area (Å²) < 4.78 is 0. The molecule has 1 amide bonds. The van der Waals surface area contributed by atoms with Gasteiger partial charge in [0.15, 0.2) is 5.17 Å². The van der Waals surface area contributed by atoms with Crippen molar-refractivity contribution in [2.45, 2.75) is 0 Å². The molecule has 0 aromatic carbocycles. The normalized spacial score (nSPS) is 20.7. The number of amides is 1. The Morgan fingerprint density at radius 2 is 2.44 bits per heavy atom. The van der Waals surface area contributed by atoms with E-state index in [9.17, 15) is 4.79 Å². The van der Waals surface area contributed by atoms with Crippen molar-refractivity contribution < 1.29 is 9.90 Å². The van der Waals surface area contributed by atoms with Gasteiger partial charge in [-0.15, -0.1) is 11.3 Å². The van der Waals surface area contributed by atoms with Crippen molar-refractivity contribution in [1.82, 2.24) is 5.32 Å². The summed E-state index contributed by atoms with van der Waals surface area (Å²) >= 11 is 2.88. The number of thiophene rings is 1. The summed E-state index contributed by atoms with van der Waals surface area (Å²) in [6.07, 6.45) is 1.84. The number of amidine groups is 1. The van der Waals surface area contributed by atoms with Gasteiger partial charge < -0.3 is 10.4 Å². The number of aliphatic imine (C=N–C) groups is 1.